The minimum atomic E-state index is -0.101. The molecule has 56 heavy (non-hydrogen) atoms. The second-order valence-corrected chi connectivity index (χ2v) is 18.0. The van der Waals surface area contributed by atoms with E-state index in [-0.39, 0.29) is 10.8 Å². The van der Waals surface area contributed by atoms with Gasteiger partial charge in [-0.2, -0.15) is 5.10 Å². The monoisotopic (exact) mass is 744 g/mol. The number of hydrogen-bond donors (Lipinski definition) is 0. The van der Waals surface area contributed by atoms with Crippen LogP contribution in [-0.4, -0.2) is 19.3 Å². The highest BCUT2D eigenvalue weighted by Gasteiger charge is 2.23. The Hall–Kier alpha value is -5.16. The van der Waals surface area contributed by atoms with Crippen LogP contribution in [0.1, 0.15) is 117 Å². The van der Waals surface area contributed by atoms with Gasteiger partial charge in [0.2, 0.25) is 0 Å². The van der Waals surface area contributed by atoms with Crippen LogP contribution in [0.3, 0.4) is 0 Å². The van der Waals surface area contributed by atoms with Crippen molar-refractivity contribution < 1.29 is 4.74 Å². The molecule has 0 spiro atoms. The van der Waals surface area contributed by atoms with E-state index < -0.39 is 0 Å². The van der Waals surface area contributed by atoms with Crippen molar-refractivity contribution in [3.63, 3.8) is 0 Å². The Balaban J connectivity index is 1.35. The second kappa shape index (κ2) is 15.8. The van der Waals surface area contributed by atoms with Gasteiger partial charge in [-0.05, 0) is 113 Å². The molecular formula is C51H60N4O. The Kier molecular flexibility index (Phi) is 11.0. The number of nitrogens with zero attached hydrogens (tertiary/aromatic N) is 4. The molecule has 0 saturated carbocycles. The number of unbranched alkanes of at least 4 members (excludes halogenated alkanes) is 1. The lowest BCUT2D eigenvalue weighted by atomic mass is 9.86. The third-order valence-corrected chi connectivity index (χ3v) is 11.2. The summed E-state index contributed by atoms with van der Waals surface area (Å²) in [6.07, 6.45) is 8.49. The smallest absolute Gasteiger partial charge is 0.137 e. The van der Waals surface area contributed by atoms with Gasteiger partial charge in [0.05, 0.1) is 28.1 Å². The molecule has 0 N–H and O–H groups in total. The van der Waals surface area contributed by atoms with Gasteiger partial charge >= 0.3 is 0 Å². The number of benzene rings is 4. The Morgan fingerprint density at radius 2 is 1.45 bits per heavy atom. The first-order valence-electron chi connectivity index (χ1n) is 20.8. The molecule has 3 aromatic heterocycles. The normalized spacial score (nSPS) is 12.3. The van der Waals surface area contributed by atoms with E-state index in [1.807, 2.05) is 6.20 Å². The fraction of sp³-hybridized carbons (Fsp3) is 0.373. The molecule has 7 rings (SSSR count). The van der Waals surface area contributed by atoms with Crippen molar-refractivity contribution in [2.24, 2.45) is 5.92 Å². The van der Waals surface area contributed by atoms with Crippen LogP contribution in [0, 0.1) is 5.92 Å². The van der Waals surface area contributed by atoms with E-state index in [2.05, 4.69) is 176 Å². The van der Waals surface area contributed by atoms with Gasteiger partial charge in [0.1, 0.15) is 17.3 Å². The first-order chi connectivity index (χ1) is 26.7. The molecule has 290 valence electrons. The Morgan fingerprint density at radius 3 is 2.14 bits per heavy atom. The summed E-state index contributed by atoms with van der Waals surface area (Å²) in [5.41, 5.74) is 11.7. The molecule has 3 heterocycles. The minimum Gasteiger partial charge on any atom is -0.457 e. The number of fused-ring (bicyclic) bond motifs is 3. The molecule has 0 atom stereocenters. The van der Waals surface area contributed by atoms with Crippen LogP contribution in [0.2, 0.25) is 0 Å². The number of hydrogen-bond acceptors (Lipinski definition) is 3. The summed E-state index contributed by atoms with van der Waals surface area (Å²) in [6.45, 7) is 22.6. The fourth-order valence-corrected chi connectivity index (χ4v) is 7.97. The maximum absolute atomic E-state index is 6.90. The van der Waals surface area contributed by atoms with Crippen molar-refractivity contribution in [2.45, 2.75) is 119 Å². The predicted molar refractivity (Wildman–Crippen MR) is 236 cm³/mol. The minimum absolute atomic E-state index is 0.00434. The van der Waals surface area contributed by atoms with Crippen LogP contribution >= 0.6 is 0 Å². The van der Waals surface area contributed by atoms with E-state index in [1.54, 1.807) is 0 Å². The van der Waals surface area contributed by atoms with Crippen molar-refractivity contribution in [2.75, 3.05) is 0 Å². The van der Waals surface area contributed by atoms with Crippen molar-refractivity contribution in [1.29, 1.82) is 0 Å². The predicted octanol–water partition coefficient (Wildman–Crippen LogP) is 13.9. The zero-order chi connectivity index (χ0) is 39.8. The molecular weight excluding hydrogens is 685 g/mol. The molecule has 0 saturated heterocycles. The van der Waals surface area contributed by atoms with E-state index in [4.69, 9.17) is 14.8 Å². The summed E-state index contributed by atoms with van der Waals surface area (Å²) in [5, 5.41) is 7.69. The molecule has 0 fully saturated rings. The van der Waals surface area contributed by atoms with Gasteiger partial charge in [0.25, 0.3) is 0 Å². The van der Waals surface area contributed by atoms with Gasteiger partial charge in [-0.1, -0.05) is 118 Å². The van der Waals surface area contributed by atoms with Crippen molar-refractivity contribution >= 4 is 21.8 Å². The first kappa shape index (κ1) is 39.1. The molecule has 4 aromatic carbocycles. The topological polar surface area (TPSA) is 44.9 Å². The quantitative estimate of drug-likeness (QED) is 0.117. The summed E-state index contributed by atoms with van der Waals surface area (Å²) < 4.78 is 11.4. The van der Waals surface area contributed by atoms with Crippen LogP contribution < -0.4 is 4.74 Å². The van der Waals surface area contributed by atoms with Gasteiger partial charge in [0, 0.05) is 34.7 Å². The molecule has 5 nitrogen and oxygen atoms in total. The molecule has 0 unspecified atom stereocenters. The van der Waals surface area contributed by atoms with E-state index in [0.717, 1.165) is 64.9 Å². The highest BCUT2D eigenvalue weighted by molar-refractivity contribution is 6.09. The van der Waals surface area contributed by atoms with Crippen LogP contribution in [-0.2, 0) is 30.1 Å². The molecule has 0 aliphatic carbocycles. The number of pyridine rings is 1. The molecule has 0 amide bonds. The summed E-state index contributed by atoms with van der Waals surface area (Å²) in [7, 11) is 0. The maximum atomic E-state index is 6.90. The third kappa shape index (κ3) is 8.05. The fourth-order valence-electron chi connectivity index (χ4n) is 7.97. The van der Waals surface area contributed by atoms with Gasteiger partial charge < -0.3 is 4.74 Å². The zero-order valence-corrected chi connectivity index (χ0v) is 35.3. The highest BCUT2D eigenvalue weighted by Crippen LogP contribution is 2.39. The van der Waals surface area contributed by atoms with Crippen molar-refractivity contribution in [1.82, 2.24) is 19.3 Å². The van der Waals surface area contributed by atoms with Crippen LogP contribution in [0.15, 0.2) is 103 Å². The molecule has 0 radical (unpaired) electrons. The van der Waals surface area contributed by atoms with E-state index in [9.17, 15) is 0 Å². The van der Waals surface area contributed by atoms with Crippen LogP contribution in [0.4, 0.5) is 0 Å². The van der Waals surface area contributed by atoms with Crippen LogP contribution in [0.25, 0.3) is 44.4 Å². The van der Waals surface area contributed by atoms with E-state index >= 15 is 0 Å². The second-order valence-electron chi connectivity index (χ2n) is 18.0. The van der Waals surface area contributed by atoms with Crippen molar-refractivity contribution in [3.8, 4) is 34.1 Å². The average Bonchev–Trinajstić information content (AvgIpc) is 3.71. The molecule has 0 aliphatic rings. The van der Waals surface area contributed by atoms with Crippen LogP contribution in [0.5, 0.6) is 11.5 Å². The lowest BCUT2D eigenvalue weighted by molar-refractivity contribution is 0.478. The Morgan fingerprint density at radius 1 is 0.679 bits per heavy atom. The number of aromatic nitrogens is 4. The molecule has 0 aliphatic heterocycles. The summed E-state index contributed by atoms with van der Waals surface area (Å²) >= 11 is 0. The molecule has 7 aromatic rings. The summed E-state index contributed by atoms with van der Waals surface area (Å²) in [4.78, 5) is 4.96. The number of aryl methyl sites for hydroxylation is 2. The van der Waals surface area contributed by atoms with E-state index in [0.29, 0.717) is 0 Å². The first-order valence-corrected chi connectivity index (χ1v) is 20.8. The summed E-state index contributed by atoms with van der Waals surface area (Å²) in [6, 6.07) is 35.2. The maximum Gasteiger partial charge on any atom is 0.137 e. The number of rotatable bonds is 12. The SMILES string of the molecule is CCc1nn(-c2cc(Oc3ccc4c5cc(CCCCC(C)C)ccc5n(-c5cc(C(C)(C)C)ccn5)c4c3)cc(C(C)(C)C)c2)c(CC)c1-c1ccccc1. The summed E-state index contributed by atoms with van der Waals surface area (Å²) in [5.74, 6) is 3.24. The average molecular weight is 745 g/mol. The lowest BCUT2D eigenvalue weighted by Crippen LogP contribution is -2.13. The Bertz CT molecular complexity index is 2470. The van der Waals surface area contributed by atoms with Gasteiger partial charge in [0.15, 0.2) is 0 Å². The third-order valence-electron chi connectivity index (χ3n) is 11.2. The standard InChI is InChI=1S/C51H60N4O/c1-11-44-49(36-20-14-13-15-21-36)45(12-2)55(53-44)39-29-38(51(8,9)10)30-41(32-39)56-40-23-24-42-43-28-35(19-17-16-18-34(3)4)22-25-46(43)54(47(42)33-40)48-31-37(26-27-52-48)50(5,6)7/h13-15,20-34H,11-12,16-19H2,1-10H3. The van der Waals surface area contributed by atoms with Gasteiger partial charge in [-0.3, -0.25) is 4.57 Å². The number of ether oxygens (including phenoxy) is 1. The zero-order valence-electron chi connectivity index (χ0n) is 35.3. The van der Waals surface area contributed by atoms with Gasteiger partial charge in [-0.25, -0.2) is 9.67 Å². The Labute approximate surface area is 334 Å². The van der Waals surface area contributed by atoms with Crippen molar-refractivity contribution in [3.05, 3.63) is 131 Å². The highest BCUT2D eigenvalue weighted by atomic mass is 16.5. The largest absolute Gasteiger partial charge is 0.457 e. The molecule has 0 bridgehead atoms. The van der Waals surface area contributed by atoms with Gasteiger partial charge in [-0.15, -0.1) is 0 Å². The van der Waals surface area contributed by atoms with E-state index in [1.165, 1.54) is 63.5 Å². The lowest BCUT2D eigenvalue weighted by Gasteiger charge is -2.22. The molecule has 5 heteroatoms.